The Morgan fingerprint density at radius 2 is 1.55 bits per heavy atom. The van der Waals surface area contributed by atoms with Gasteiger partial charge in [0.1, 0.15) is 11.5 Å². The third-order valence-electron chi connectivity index (χ3n) is 3.75. The molecule has 2 aromatic carbocycles. The fourth-order valence-corrected chi connectivity index (χ4v) is 4.39. The van der Waals surface area contributed by atoms with Crippen LogP contribution in [-0.2, 0) is 27.9 Å². The Labute approximate surface area is 175 Å². The molecule has 2 rings (SSSR count). The Morgan fingerprint density at radius 1 is 1.00 bits per heavy atom. The second-order valence-electron chi connectivity index (χ2n) is 5.89. The van der Waals surface area contributed by atoms with Crippen molar-refractivity contribution in [3.63, 3.8) is 0 Å². The third-order valence-corrected chi connectivity index (χ3v) is 6.11. The summed E-state index contributed by atoms with van der Waals surface area (Å²) in [6.45, 7) is -1.52. The lowest BCUT2D eigenvalue weighted by Gasteiger charge is -2.13. The molecule has 2 aromatic rings. The second-order valence-corrected chi connectivity index (χ2v) is 8.48. The molecular weight excluding hydrogens is 479 g/mol. The van der Waals surface area contributed by atoms with Crippen LogP contribution < -0.4 is 14.2 Å². The van der Waals surface area contributed by atoms with Crippen molar-refractivity contribution in [2.75, 3.05) is 20.8 Å². The maximum absolute atomic E-state index is 12.6. The first-order chi connectivity index (χ1) is 13.6. The summed E-state index contributed by atoms with van der Waals surface area (Å²) in [6, 6.07) is 9.20. The molecule has 0 unspecified atom stereocenters. The van der Waals surface area contributed by atoms with Gasteiger partial charge < -0.3 is 14.2 Å². The van der Waals surface area contributed by atoms with Crippen LogP contribution >= 0.6 is 15.9 Å². The van der Waals surface area contributed by atoms with E-state index in [-0.39, 0.29) is 23.8 Å². The summed E-state index contributed by atoms with van der Waals surface area (Å²) in [5, 5.41) is 0. The van der Waals surface area contributed by atoms with Crippen LogP contribution in [0.15, 0.2) is 45.8 Å². The summed E-state index contributed by atoms with van der Waals surface area (Å²) in [4.78, 5) is -0.0210. The molecule has 0 spiro atoms. The van der Waals surface area contributed by atoms with E-state index in [1.54, 1.807) is 24.3 Å². The highest BCUT2D eigenvalue weighted by Crippen LogP contribution is 2.35. The van der Waals surface area contributed by atoms with Gasteiger partial charge in [-0.15, -0.1) is 0 Å². The summed E-state index contributed by atoms with van der Waals surface area (Å²) in [7, 11) is -1.03. The molecular formula is C18H19BrF3NO5S. The lowest BCUT2D eigenvalue weighted by molar-refractivity contribution is -0.176. The summed E-state index contributed by atoms with van der Waals surface area (Å²) in [5.74, 6) is 0.640. The van der Waals surface area contributed by atoms with Crippen LogP contribution in [0.4, 0.5) is 13.2 Å². The van der Waals surface area contributed by atoms with Gasteiger partial charge in [0.05, 0.1) is 20.8 Å². The average Bonchev–Trinajstić information content (AvgIpc) is 2.66. The average molecular weight is 498 g/mol. The minimum Gasteiger partial charge on any atom is -0.493 e. The Balaban J connectivity index is 2.03. The standard InChI is InChI=1S/C18H19BrF3NO5S/c1-26-15-7-14(19)17(8-16(15)27-2)29(24,25)23-9-12-3-5-13(6-4-12)10-28-11-18(20,21)22/h3-8,23H,9-11H2,1-2H3. The summed E-state index contributed by atoms with van der Waals surface area (Å²) < 4.78 is 79.1. The first-order valence-electron chi connectivity index (χ1n) is 8.19. The SMILES string of the molecule is COc1cc(Br)c(S(=O)(=O)NCc2ccc(COCC(F)(F)F)cc2)cc1OC. The topological polar surface area (TPSA) is 73.9 Å². The van der Waals surface area contributed by atoms with Gasteiger partial charge in [-0.3, -0.25) is 0 Å². The molecule has 0 saturated heterocycles. The van der Waals surface area contributed by atoms with Gasteiger partial charge in [-0.05, 0) is 33.1 Å². The number of ether oxygens (including phenoxy) is 3. The molecule has 0 aliphatic carbocycles. The summed E-state index contributed by atoms with van der Waals surface area (Å²) >= 11 is 3.21. The van der Waals surface area contributed by atoms with E-state index in [1.807, 2.05) is 0 Å². The predicted octanol–water partition coefficient (Wildman–Crippen LogP) is 4.02. The lowest BCUT2D eigenvalue weighted by Crippen LogP contribution is -2.23. The van der Waals surface area contributed by atoms with Crippen molar-refractivity contribution in [2.24, 2.45) is 0 Å². The van der Waals surface area contributed by atoms with Crippen molar-refractivity contribution in [1.29, 1.82) is 0 Å². The van der Waals surface area contributed by atoms with E-state index in [4.69, 9.17) is 9.47 Å². The van der Waals surface area contributed by atoms with Gasteiger partial charge in [0.25, 0.3) is 0 Å². The van der Waals surface area contributed by atoms with E-state index >= 15 is 0 Å². The number of alkyl halides is 3. The summed E-state index contributed by atoms with van der Waals surface area (Å²) in [5.41, 5.74) is 1.17. The zero-order chi connectivity index (χ0) is 21.7. The number of halogens is 4. The molecule has 0 aliphatic rings. The highest BCUT2D eigenvalue weighted by molar-refractivity contribution is 9.10. The highest BCUT2D eigenvalue weighted by atomic mass is 79.9. The smallest absolute Gasteiger partial charge is 0.411 e. The first kappa shape index (κ1) is 23.5. The number of nitrogens with one attached hydrogen (secondary N) is 1. The van der Waals surface area contributed by atoms with Gasteiger partial charge in [-0.25, -0.2) is 13.1 Å². The van der Waals surface area contributed by atoms with Crippen LogP contribution in [0, 0.1) is 0 Å². The molecule has 0 heterocycles. The van der Waals surface area contributed by atoms with Gasteiger partial charge in [-0.2, -0.15) is 13.2 Å². The van der Waals surface area contributed by atoms with Crippen LogP contribution in [0.5, 0.6) is 11.5 Å². The Bertz CT molecular complexity index is 934. The monoisotopic (exact) mass is 497 g/mol. The van der Waals surface area contributed by atoms with Gasteiger partial charge in [0.2, 0.25) is 10.0 Å². The quantitative estimate of drug-likeness (QED) is 0.566. The minimum absolute atomic E-state index is 0.00714. The molecule has 6 nitrogen and oxygen atoms in total. The number of sulfonamides is 1. The molecule has 0 atom stereocenters. The number of hydrogen-bond acceptors (Lipinski definition) is 5. The van der Waals surface area contributed by atoms with Crippen LogP contribution in [-0.4, -0.2) is 35.4 Å². The van der Waals surface area contributed by atoms with Crippen LogP contribution in [0.1, 0.15) is 11.1 Å². The molecule has 29 heavy (non-hydrogen) atoms. The molecule has 0 fully saturated rings. The van der Waals surface area contributed by atoms with Crippen LogP contribution in [0.2, 0.25) is 0 Å². The molecule has 0 bridgehead atoms. The van der Waals surface area contributed by atoms with Crippen molar-refractivity contribution < 1.29 is 35.8 Å². The van der Waals surface area contributed by atoms with Crippen molar-refractivity contribution in [3.05, 3.63) is 52.0 Å². The second kappa shape index (κ2) is 9.79. The maximum Gasteiger partial charge on any atom is 0.411 e. The molecule has 0 aliphatic heterocycles. The van der Waals surface area contributed by atoms with Crippen LogP contribution in [0.3, 0.4) is 0 Å². The molecule has 1 N–H and O–H groups in total. The molecule has 11 heteroatoms. The number of benzene rings is 2. The third kappa shape index (κ3) is 6.88. The van der Waals surface area contributed by atoms with E-state index in [0.29, 0.717) is 21.3 Å². The zero-order valence-corrected chi connectivity index (χ0v) is 17.9. The van der Waals surface area contributed by atoms with Crippen molar-refractivity contribution >= 4 is 26.0 Å². The first-order valence-corrected chi connectivity index (χ1v) is 10.5. The fraction of sp³-hybridized carbons (Fsp3) is 0.333. The van der Waals surface area contributed by atoms with E-state index in [0.717, 1.165) is 0 Å². The van der Waals surface area contributed by atoms with E-state index < -0.39 is 22.8 Å². The minimum atomic E-state index is -4.38. The molecule has 0 amide bonds. The van der Waals surface area contributed by atoms with Gasteiger partial charge in [-0.1, -0.05) is 24.3 Å². The van der Waals surface area contributed by atoms with Gasteiger partial charge in [0.15, 0.2) is 11.5 Å². The highest BCUT2D eigenvalue weighted by Gasteiger charge is 2.27. The molecule has 0 radical (unpaired) electrons. The Morgan fingerprint density at radius 3 is 2.10 bits per heavy atom. The number of hydrogen-bond donors (Lipinski definition) is 1. The number of methoxy groups -OCH3 is 2. The lowest BCUT2D eigenvalue weighted by atomic mass is 10.1. The molecule has 0 aromatic heterocycles. The van der Waals surface area contributed by atoms with Crippen molar-refractivity contribution in [2.45, 2.75) is 24.2 Å². The molecule has 0 saturated carbocycles. The van der Waals surface area contributed by atoms with Crippen molar-refractivity contribution in [1.82, 2.24) is 4.72 Å². The van der Waals surface area contributed by atoms with E-state index in [9.17, 15) is 21.6 Å². The zero-order valence-electron chi connectivity index (χ0n) is 15.5. The summed E-state index contributed by atoms with van der Waals surface area (Å²) in [6.07, 6.45) is -4.38. The Kier molecular flexibility index (Phi) is 7.92. The maximum atomic E-state index is 12.6. The van der Waals surface area contributed by atoms with Crippen molar-refractivity contribution in [3.8, 4) is 11.5 Å². The largest absolute Gasteiger partial charge is 0.493 e. The van der Waals surface area contributed by atoms with Gasteiger partial charge in [0, 0.05) is 17.1 Å². The normalized spacial score (nSPS) is 12.1. The van der Waals surface area contributed by atoms with Gasteiger partial charge >= 0.3 is 6.18 Å². The molecule has 160 valence electrons. The van der Waals surface area contributed by atoms with Crippen LogP contribution in [0.25, 0.3) is 0 Å². The van der Waals surface area contributed by atoms with E-state index in [2.05, 4.69) is 25.4 Å². The Hall–Kier alpha value is -1.82. The fourth-order valence-electron chi connectivity index (χ4n) is 2.34. The number of rotatable bonds is 9. The van der Waals surface area contributed by atoms with E-state index in [1.165, 1.54) is 26.4 Å². The predicted molar refractivity (Wildman–Crippen MR) is 103 cm³/mol.